The molecule has 0 aromatic heterocycles. The fraction of sp³-hybridized carbons (Fsp3) is 0.529. The molecule has 0 radical (unpaired) electrons. The third-order valence-electron chi connectivity index (χ3n) is 4.40. The summed E-state index contributed by atoms with van der Waals surface area (Å²) in [6.45, 7) is 2.92. The van der Waals surface area contributed by atoms with E-state index in [0.717, 1.165) is 30.3 Å². The van der Waals surface area contributed by atoms with Crippen LogP contribution in [0.4, 0.5) is 5.69 Å². The number of carbonyl (C=O) groups is 2. The van der Waals surface area contributed by atoms with E-state index in [1.54, 1.807) is 18.9 Å². The lowest BCUT2D eigenvalue weighted by molar-refractivity contribution is -0.135. The number of hydrogen-bond acceptors (Lipinski definition) is 5. The van der Waals surface area contributed by atoms with E-state index in [9.17, 15) is 9.59 Å². The number of nitrogens with zero attached hydrogens (tertiary/aromatic N) is 2. The molecule has 3 rings (SSSR count). The fourth-order valence-corrected chi connectivity index (χ4v) is 3.98. The third kappa shape index (κ3) is 3.95. The van der Waals surface area contributed by atoms with E-state index in [4.69, 9.17) is 4.74 Å². The second kappa shape index (κ2) is 7.79. The topological polar surface area (TPSA) is 61.9 Å². The van der Waals surface area contributed by atoms with Crippen molar-refractivity contribution < 1.29 is 14.3 Å². The predicted molar refractivity (Wildman–Crippen MR) is 95.7 cm³/mol. The monoisotopic (exact) mass is 349 g/mol. The van der Waals surface area contributed by atoms with Crippen LogP contribution >= 0.6 is 11.8 Å². The molecule has 2 aliphatic rings. The first-order valence-electron chi connectivity index (χ1n) is 8.22. The van der Waals surface area contributed by atoms with Crippen LogP contribution in [0.15, 0.2) is 24.3 Å². The van der Waals surface area contributed by atoms with Crippen LogP contribution in [0.25, 0.3) is 0 Å². The highest BCUT2D eigenvalue weighted by Gasteiger charge is 2.29. The largest absolute Gasteiger partial charge is 0.497 e. The molecule has 2 amide bonds. The minimum absolute atomic E-state index is 0.0200. The van der Waals surface area contributed by atoms with Crippen LogP contribution in [0.2, 0.25) is 0 Å². The van der Waals surface area contributed by atoms with Crippen LogP contribution in [0.3, 0.4) is 0 Å². The second-order valence-electron chi connectivity index (χ2n) is 5.96. The van der Waals surface area contributed by atoms with Crippen LogP contribution in [-0.4, -0.2) is 67.6 Å². The van der Waals surface area contributed by atoms with Gasteiger partial charge in [-0.25, -0.2) is 0 Å². The van der Waals surface area contributed by atoms with Crippen molar-refractivity contribution in [2.45, 2.75) is 12.5 Å². The summed E-state index contributed by atoms with van der Waals surface area (Å²) in [5.74, 6) is 2.32. The molecule has 1 N–H and O–H groups in total. The highest BCUT2D eigenvalue weighted by molar-refractivity contribution is 7.99. The molecule has 7 heteroatoms. The zero-order valence-electron chi connectivity index (χ0n) is 13.9. The molecular formula is C17H23N3O3S. The maximum absolute atomic E-state index is 12.7. The Hall–Kier alpha value is -1.89. The summed E-state index contributed by atoms with van der Waals surface area (Å²) >= 11 is 1.67. The molecule has 2 aliphatic heterocycles. The smallest absolute Gasteiger partial charge is 0.246 e. The van der Waals surface area contributed by atoms with Gasteiger partial charge in [0.25, 0.3) is 0 Å². The van der Waals surface area contributed by atoms with Gasteiger partial charge in [-0.3, -0.25) is 9.59 Å². The average molecular weight is 349 g/mol. The Morgan fingerprint density at radius 3 is 2.83 bits per heavy atom. The second-order valence-corrected chi connectivity index (χ2v) is 7.11. The summed E-state index contributed by atoms with van der Waals surface area (Å²) in [6.07, 6.45) is 0.498. The van der Waals surface area contributed by atoms with Gasteiger partial charge < -0.3 is 19.9 Å². The Bertz CT molecular complexity index is 602. The van der Waals surface area contributed by atoms with Gasteiger partial charge >= 0.3 is 0 Å². The summed E-state index contributed by atoms with van der Waals surface area (Å²) in [6, 6.07) is 7.59. The van der Waals surface area contributed by atoms with Crippen LogP contribution in [0.5, 0.6) is 5.75 Å². The van der Waals surface area contributed by atoms with Gasteiger partial charge in [-0.1, -0.05) is 6.07 Å². The highest BCUT2D eigenvalue weighted by Crippen LogP contribution is 2.22. The van der Waals surface area contributed by atoms with Gasteiger partial charge in [0.05, 0.1) is 7.11 Å². The number of methoxy groups -OCH3 is 1. The fourth-order valence-electron chi connectivity index (χ4n) is 3.02. The molecule has 0 unspecified atom stereocenters. The molecule has 0 bridgehead atoms. The van der Waals surface area contributed by atoms with Crippen LogP contribution in [0.1, 0.15) is 6.42 Å². The van der Waals surface area contributed by atoms with E-state index < -0.39 is 0 Å². The number of benzene rings is 1. The molecule has 1 aromatic rings. The summed E-state index contributed by atoms with van der Waals surface area (Å²) in [4.78, 5) is 28.4. The van der Waals surface area contributed by atoms with Crippen molar-refractivity contribution in [1.29, 1.82) is 0 Å². The number of piperazine rings is 1. The van der Waals surface area contributed by atoms with Crippen LogP contribution in [0, 0.1) is 0 Å². The number of carbonyl (C=O) groups excluding carboxylic acids is 2. The van der Waals surface area contributed by atoms with Crippen molar-refractivity contribution in [3.05, 3.63) is 24.3 Å². The maximum Gasteiger partial charge on any atom is 0.246 e. The lowest BCUT2D eigenvalue weighted by Gasteiger charge is -2.37. The third-order valence-corrected chi connectivity index (χ3v) is 5.46. The van der Waals surface area contributed by atoms with E-state index in [-0.39, 0.29) is 17.9 Å². The van der Waals surface area contributed by atoms with E-state index in [1.807, 2.05) is 23.1 Å². The summed E-state index contributed by atoms with van der Waals surface area (Å²) in [7, 11) is 1.66. The zero-order chi connectivity index (χ0) is 16.9. The maximum atomic E-state index is 12.7. The average Bonchev–Trinajstić information content (AvgIpc) is 2.86. The van der Waals surface area contributed by atoms with Crippen molar-refractivity contribution in [2.24, 2.45) is 0 Å². The van der Waals surface area contributed by atoms with Crippen molar-refractivity contribution in [3.63, 3.8) is 0 Å². The molecule has 1 aromatic carbocycles. The van der Waals surface area contributed by atoms with E-state index in [0.29, 0.717) is 25.3 Å². The number of hydrogen-bond donors (Lipinski definition) is 1. The predicted octanol–water partition coefficient (Wildman–Crippen LogP) is 0.965. The van der Waals surface area contributed by atoms with Crippen molar-refractivity contribution in [3.8, 4) is 5.75 Å². The summed E-state index contributed by atoms with van der Waals surface area (Å²) < 4.78 is 5.27. The number of thioether (sulfide) groups is 1. The Labute approximate surface area is 146 Å². The Balaban J connectivity index is 1.58. The first-order chi connectivity index (χ1) is 11.7. The van der Waals surface area contributed by atoms with Crippen molar-refractivity contribution >= 4 is 29.3 Å². The van der Waals surface area contributed by atoms with Gasteiger partial charge in [0, 0.05) is 55.9 Å². The van der Waals surface area contributed by atoms with E-state index >= 15 is 0 Å². The summed E-state index contributed by atoms with van der Waals surface area (Å²) in [5.41, 5.74) is 1.11. The Morgan fingerprint density at radius 2 is 2.08 bits per heavy atom. The Kier molecular flexibility index (Phi) is 5.50. The molecule has 0 saturated carbocycles. The van der Waals surface area contributed by atoms with Gasteiger partial charge in [-0.05, 0) is 12.1 Å². The minimum atomic E-state index is -0.381. The van der Waals surface area contributed by atoms with Gasteiger partial charge in [0.15, 0.2) is 0 Å². The highest BCUT2D eigenvalue weighted by atomic mass is 32.2. The normalized spacial score (nSPS) is 21.9. The number of amides is 2. The minimum Gasteiger partial charge on any atom is -0.497 e. The molecule has 24 heavy (non-hydrogen) atoms. The zero-order valence-corrected chi connectivity index (χ0v) is 14.7. The number of nitrogens with one attached hydrogen (secondary N) is 1. The first kappa shape index (κ1) is 17.0. The molecule has 130 valence electrons. The number of ether oxygens (including phenoxy) is 1. The quantitative estimate of drug-likeness (QED) is 0.881. The van der Waals surface area contributed by atoms with Crippen LogP contribution in [-0.2, 0) is 9.59 Å². The van der Waals surface area contributed by atoms with Crippen molar-refractivity contribution in [2.75, 3.05) is 49.7 Å². The van der Waals surface area contributed by atoms with E-state index in [1.165, 1.54) is 0 Å². The summed E-state index contributed by atoms with van der Waals surface area (Å²) in [5, 5.41) is 2.85. The molecule has 2 saturated heterocycles. The molecule has 2 heterocycles. The van der Waals surface area contributed by atoms with Crippen LogP contribution < -0.4 is 15.0 Å². The van der Waals surface area contributed by atoms with Gasteiger partial charge in [-0.15, -0.1) is 0 Å². The van der Waals surface area contributed by atoms with Gasteiger partial charge in [0.2, 0.25) is 11.8 Å². The molecule has 0 spiro atoms. The van der Waals surface area contributed by atoms with E-state index in [2.05, 4.69) is 16.3 Å². The first-order valence-corrected chi connectivity index (χ1v) is 9.38. The lowest BCUT2D eigenvalue weighted by Crippen LogP contribution is -2.55. The molecule has 6 nitrogen and oxygen atoms in total. The van der Waals surface area contributed by atoms with Gasteiger partial charge in [-0.2, -0.15) is 11.8 Å². The lowest BCUT2D eigenvalue weighted by atomic mass is 10.2. The van der Waals surface area contributed by atoms with Crippen molar-refractivity contribution in [1.82, 2.24) is 10.2 Å². The Morgan fingerprint density at radius 1 is 1.29 bits per heavy atom. The molecular weight excluding hydrogens is 326 g/mol. The molecule has 0 aliphatic carbocycles. The number of anilines is 1. The number of rotatable bonds is 3. The SMILES string of the molecule is COc1cccc(N2CCN(C(=O)[C@H]3CSCCC(=O)N3)CC2)c1. The van der Waals surface area contributed by atoms with Gasteiger partial charge in [0.1, 0.15) is 11.8 Å². The molecule has 2 fully saturated rings. The molecule has 1 atom stereocenters. The standard InChI is InChI=1S/C17H23N3O3S/c1-23-14-4-2-3-13(11-14)19-6-8-20(9-7-19)17(22)15-12-24-10-5-16(21)18-15/h2-4,11,15H,5-10,12H2,1H3,(H,18,21)/t15-/m1/s1.